The van der Waals surface area contributed by atoms with E-state index in [4.69, 9.17) is 26.5 Å². The van der Waals surface area contributed by atoms with Gasteiger partial charge in [-0.3, -0.25) is 15.2 Å². The van der Waals surface area contributed by atoms with Gasteiger partial charge in [-0.1, -0.05) is 0 Å². The molecule has 0 saturated carbocycles. The minimum absolute atomic E-state index is 0.00553. The van der Waals surface area contributed by atoms with E-state index >= 15 is 0 Å². The molecule has 1 spiro atoms. The highest BCUT2D eigenvalue weighted by Crippen LogP contribution is 2.30. The number of carbonyl (C=O) groups excluding carboxylic acids is 1. The monoisotopic (exact) mass is 382 g/mol. The van der Waals surface area contributed by atoms with Crippen molar-refractivity contribution < 1.29 is 36.7 Å². The van der Waals surface area contributed by atoms with Crippen molar-refractivity contribution in [2.75, 3.05) is 13.2 Å². The van der Waals surface area contributed by atoms with E-state index in [-0.39, 0.29) is 19.1 Å². The van der Waals surface area contributed by atoms with E-state index in [0.29, 0.717) is 4.90 Å². The number of primary amides is 1. The second kappa shape index (κ2) is 5.90. The van der Waals surface area contributed by atoms with Crippen molar-refractivity contribution in [3.8, 4) is 0 Å². The molecule has 0 aromatic rings. The maximum Gasteiger partial charge on any atom is 0.404 e. The Kier molecular flexibility index (Phi) is 4.26. The lowest BCUT2D eigenvalue weighted by molar-refractivity contribution is -0.977. The SMILES string of the molecule is NC(=O)OC[C@@H]1NC(N)[NH+]2C[C@H](OS(=O)(=O)O)[C@@H](O)[C@@]23NC(N)=N[C@H]13. The Labute approximate surface area is 142 Å². The smallest absolute Gasteiger partial charge is 0.404 e. The van der Waals surface area contributed by atoms with Crippen LogP contribution in [0.5, 0.6) is 0 Å². The van der Waals surface area contributed by atoms with Gasteiger partial charge in [-0.05, 0) is 0 Å². The van der Waals surface area contributed by atoms with Crippen molar-refractivity contribution in [2.24, 2.45) is 22.2 Å². The lowest BCUT2D eigenvalue weighted by atomic mass is 9.87. The lowest BCUT2D eigenvalue weighted by Crippen LogP contribution is -3.30. The Hall–Kier alpha value is -1.75. The van der Waals surface area contributed by atoms with Gasteiger partial charge in [0.1, 0.15) is 19.2 Å². The van der Waals surface area contributed by atoms with Gasteiger partial charge in [0.25, 0.3) is 0 Å². The maximum absolute atomic E-state index is 11.0. The summed E-state index contributed by atoms with van der Waals surface area (Å²) in [6, 6.07) is -1.43. The molecule has 7 atom stereocenters. The summed E-state index contributed by atoms with van der Waals surface area (Å²) in [6.07, 6.45) is -4.54. The summed E-state index contributed by atoms with van der Waals surface area (Å²) >= 11 is 0. The average molecular weight is 382 g/mol. The first-order valence-corrected chi connectivity index (χ1v) is 8.66. The Morgan fingerprint density at radius 3 is 2.80 bits per heavy atom. The standard InChI is InChI=1S/C10H19N7O7S/c11-7-15-5-3(2-23-9(13)19)14-8(12)17-1-4(24-25(20,21)22)6(18)10(5,17)16-7/h3-6,8,14,18H,1-2,12H2,(H2,13,19)(H3,11,15,16)(H,20,21,22)/p+1/t3-,4-,5+,6+,8?,10-/m0/s1. The number of rotatable bonds is 4. The summed E-state index contributed by atoms with van der Waals surface area (Å²) in [7, 11) is -4.80. The molecular weight excluding hydrogens is 362 g/mol. The molecule has 15 heteroatoms. The first kappa shape index (κ1) is 18.1. The van der Waals surface area contributed by atoms with Crippen LogP contribution in [0.2, 0.25) is 0 Å². The highest BCUT2D eigenvalue weighted by Gasteiger charge is 2.71. The Morgan fingerprint density at radius 1 is 1.52 bits per heavy atom. The second-order valence-electron chi connectivity index (χ2n) is 6.07. The maximum atomic E-state index is 11.0. The van der Waals surface area contributed by atoms with Crippen molar-refractivity contribution >= 4 is 22.5 Å². The minimum atomic E-state index is -4.80. The number of nitrogens with zero attached hydrogens (tertiary/aromatic N) is 1. The normalized spacial score (nSPS) is 42.9. The van der Waals surface area contributed by atoms with Crippen LogP contribution in [0.3, 0.4) is 0 Å². The van der Waals surface area contributed by atoms with Crippen LogP contribution in [0.15, 0.2) is 4.99 Å². The van der Waals surface area contributed by atoms with Crippen molar-refractivity contribution in [2.45, 2.75) is 36.2 Å². The number of hydrogen-bond acceptors (Lipinski definition) is 11. The van der Waals surface area contributed by atoms with E-state index in [1.165, 1.54) is 0 Å². The van der Waals surface area contributed by atoms with Crippen molar-refractivity contribution in [3.05, 3.63) is 0 Å². The summed E-state index contributed by atoms with van der Waals surface area (Å²) in [5.74, 6) is -0.00553. The molecule has 0 aromatic carbocycles. The molecule has 11 N–H and O–H groups in total. The van der Waals surface area contributed by atoms with Gasteiger partial charge in [0.2, 0.25) is 5.66 Å². The summed E-state index contributed by atoms with van der Waals surface area (Å²) in [6.45, 7) is -0.261. The molecule has 0 radical (unpaired) electrons. The van der Waals surface area contributed by atoms with Gasteiger partial charge < -0.3 is 26.6 Å². The number of hydrogen-bond donors (Lipinski definition) is 8. The summed E-state index contributed by atoms with van der Waals surface area (Å²) in [5.41, 5.74) is 15.5. The molecule has 2 unspecified atom stereocenters. The fourth-order valence-electron chi connectivity index (χ4n) is 3.84. The van der Waals surface area contributed by atoms with Crippen molar-refractivity contribution in [1.29, 1.82) is 0 Å². The third kappa shape index (κ3) is 2.99. The number of nitrogens with two attached hydrogens (primary N) is 3. The molecule has 0 aromatic heterocycles. The number of aliphatic hydroxyl groups is 1. The number of quaternary nitrogens is 1. The number of nitrogens with one attached hydrogen (secondary N) is 3. The van der Waals surface area contributed by atoms with Gasteiger partial charge in [-0.15, -0.1) is 0 Å². The largest absolute Gasteiger partial charge is 0.448 e. The molecule has 3 heterocycles. The summed E-state index contributed by atoms with van der Waals surface area (Å²) in [4.78, 5) is 15.5. The quantitative estimate of drug-likeness (QED) is 0.213. The fourth-order valence-corrected chi connectivity index (χ4v) is 4.32. The van der Waals surface area contributed by atoms with Crippen molar-refractivity contribution in [1.82, 2.24) is 10.6 Å². The third-order valence-electron chi connectivity index (χ3n) is 4.65. The van der Waals surface area contributed by atoms with Gasteiger partial charge in [-0.25, -0.2) is 19.3 Å². The number of aliphatic hydroxyl groups excluding tert-OH is 1. The van der Waals surface area contributed by atoms with Gasteiger partial charge in [0, 0.05) is 0 Å². The summed E-state index contributed by atoms with van der Waals surface area (Å²) in [5, 5.41) is 16.5. The van der Waals surface area contributed by atoms with Crippen LogP contribution in [0.25, 0.3) is 0 Å². The highest BCUT2D eigenvalue weighted by molar-refractivity contribution is 7.80. The van der Waals surface area contributed by atoms with Gasteiger partial charge in [0.15, 0.2) is 24.5 Å². The Morgan fingerprint density at radius 2 is 2.20 bits per heavy atom. The van der Waals surface area contributed by atoms with Crippen LogP contribution < -0.4 is 32.7 Å². The molecule has 2 saturated heterocycles. The van der Waals surface area contributed by atoms with Gasteiger partial charge in [0.05, 0.1) is 6.04 Å². The second-order valence-corrected chi connectivity index (χ2v) is 7.12. The molecular formula is C10H20N7O7S+. The van der Waals surface area contributed by atoms with E-state index in [0.717, 1.165) is 0 Å². The first-order valence-electron chi connectivity index (χ1n) is 7.30. The predicted molar refractivity (Wildman–Crippen MR) is 80.0 cm³/mol. The van der Waals surface area contributed by atoms with Crippen molar-refractivity contribution in [3.63, 3.8) is 0 Å². The van der Waals surface area contributed by atoms with E-state index < -0.39 is 52.7 Å². The zero-order valence-corrected chi connectivity index (χ0v) is 13.6. The third-order valence-corrected chi connectivity index (χ3v) is 5.14. The molecule has 1 amide bonds. The molecule has 3 rings (SSSR count). The molecule has 0 bridgehead atoms. The van der Waals surface area contributed by atoms with E-state index in [9.17, 15) is 18.3 Å². The number of guanidine groups is 1. The van der Waals surface area contributed by atoms with Gasteiger partial charge in [-0.2, -0.15) is 8.42 Å². The zero-order valence-electron chi connectivity index (χ0n) is 12.8. The number of amides is 1. The molecule has 14 nitrogen and oxygen atoms in total. The van der Waals surface area contributed by atoms with Crippen LogP contribution in [0, 0.1) is 0 Å². The zero-order chi connectivity index (χ0) is 18.6. The van der Waals surface area contributed by atoms with E-state index in [1.54, 1.807) is 0 Å². The molecule has 142 valence electrons. The lowest BCUT2D eigenvalue weighted by Gasteiger charge is -2.47. The number of ether oxygens (including phenoxy) is 1. The van der Waals surface area contributed by atoms with Crippen LogP contribution in [0.1, 0.15) is 0 Å². The number of carbonyl (C=O) groups is 1. The van der Waals surface area contributed by atoms with E-state index in [1.807, 2.05) is 0 Å². The fraction of sp³-hybridized carbons (Fsp3) is 0.800. The molecule has 3 aliphatic heterocycles. The van der Waals surface area contributed by atoms with Crippen LogP contribution in [-0.4, -0.2) is 79.5 Å². The molecule has 25 heavy (non-hydrogen) atoms. The van der Waals surface area contributed by atoms with Crippen LogP contribution >= 0.6 is 0 Å². The minimum Gasteiger partial charge on any atom is -0.448 e. The van der Waals surface area contributed by atoms with Crippen LogP contribution in [0.4, 0.5) is 4.79 Å². The summed E-state index contributed by atoms with van der Waals surface area (Å²) < 4.78 is 40.3. The Balaban J connectivity index is 1.93. The molecule has 3 aliphatic rings. The number of aliphatic imine (C=N–C) groups is 1. The molecule has 2 fully saturated rings. The first-order chi connectivity index (χ1) is 11.5. The predicted octanol–water partition coefficient (Wildman–Crippen LogP) is -6.27. The molecule has 0 aliphatic carbocycles. The van der Waals surface area contributed by atoms with Gasteiger partial charge >= 0.3 is 16.5 Å². The van der Waals surface area contributed by atoms with Crippen LogP contribution in [-0.2, 0) is 19.3 Å². The highest BCUT2D eigenvalue weighted by atomic mass is 32.3. The average Bonchev–Trinajstić information content (AvgIpc) is 2.95. The topological polar surface area (TPSA) is 229 Å². The van der Waals surface area contributed by atoms with E-state index in [2.05, 4.69) is 19.8 Å². The Bertz CT molecular complexity index is 702.